The SMILES string of the molecule is CCN1C(=O)N=C([O-])C(CC)(CC)C1=O.[Na+]. The number of carbonyl (C=O) groups excluding carboxylic acids is 2. The minimum Gasteiger partial charge on any atom is -0.861 e. The first-order valence-electron chi connectivity index (χ1n) is 5.15. The molecule has 3 amide bonds. The first-order valence-corrected chi connectivity index (χ1v) is 5.15. The largest absolute Gasteiger partial charge is 1.00 e. The van der Waals surface area contributed by atoms with Gasteiger partial charge in [0.15, 0.2) is 0 Å². The normalized spacial score (nSPS) is 19.2. The first-order chi connectivity index (χ1) is 7.03. The van der Waals surface area contributed by atoms with Crippen LogP contribution in [0.5, 0.6) is 0 Å². The maximum absolute atomic E-state index is 12.0. The Balaban J connectivity index is 0.00000225. The van der Waals surface area contributed by atoms with Gasteiger partial charge in [0.2, 0.25) is 5.91 Å². The molecule has 0 aromatic heterocycles. The van der Waals surface area contributed by atoms with Crippen LogP contribution < -0.4 is 34.7 Å². The van der Waals surface area contributed by atoms with E-state index in [9.17, 15) is 14.7 Å². The average Bonchev–Trinajstić information content (AvgIpc) is 2.20. The van der Waals surface area contributed by atoms with Crippen molar-refractivity contribution < 1.29 is 44.3 Å². The van der Waals surface area contributed by atoms with E-state index >= 15 is 0 Å². The van der Waals surface area contributed by atoms with Crippen molar-refractivity contribution in [2.45, 2.75) is 33.6 Å². The second kappa shape index (κ2) is 5.80. The number of urea groups is 1. The summed E-state index contributed by atoms with van der Waals surface area (Å²) < 4.78 is 0. The summed E-state index contributed by atoms with van der Waals surface area (Å²) in [5.74, 6) is -0.993. The van der Waals surface area contributed by atoms with Crippen LogP contribution in [0.1, 0.15) is 33.6 Å². The van der Waals surface area contributed by atoms with Crippen LogP contribution in [-0.2, 0) is 4.79 Å². The minimum absolute atomic E-state index is 0. The number of amides is 3. The van der Waals surface area contributed by atoms with Gasteiger partial charge in [0.05, 0.1) is 5.41 Å². The van der Waals surface area contributed by atoms with Gasteiger partial charge >= 0.3 is 35.6 Å². The molecule has 1 rings (SSSR count). The van der Waals surface area contributed by atoms with Crippen molar-refractivity contribution in [3.63, 3.8) is 0 Å². The maximum Gasteiger partial charge on any atom is 1.00 e. The molecule has 0 unspecified atom stereocenters. The van der Waals surface area contributed by atoms with Crippen LogP contribution in [0.15, 0.2) is 4.99 Å². The summed E-state index contributed by atoms with van der Waals surface area (Å²) in [5.41, 5.74) is -1.11. The van der Waals surface area contributed by atoms with Gasteiger partial charge in [-0.15, -0.1) is 0 Å². The molecule has 0 aliphatic carbocycles. The Hall–Kier alpha value is -0.390. The zero-order chi connectivity index (χ0) is 11.6. The van der Waals surface area contributed by atoms with Crippen molar-refractivity contribution in [1.29, 1.82) is 0 Å². The Morgan fingerprint density at radius 2 is 1.75 bits per heavy atom. The molecule has 0 N–H and O–H groups in total. The number of aliphatic imine (C=N–C) groups is 1. The van der Waals surface area contributed by atoms with Crippen molar-refractivity contribution in [1.82, 2.24) is 4.90 Å². The summed E-state index contributed by atoms with van der Waals surface area (Å²) in [5, 5.41) is 11.6. The van der Waals surface area contributed by atoms with Crippen LogP contribution in [0.25, 0.3) is 0 Å². The van der Waals surface area contributed by atoms with Crippen molar-refractivity contribution in [3.8, 4) is 0 Å². The summed E-state index contributed by atoms with van der Waals surface area (Å²) in [6, 6.07) is -0.731. The molecule has 5 nitrogen and oxygen atoms in total. The monoisotopic (exact) mass is 234 g/mol. The minimum atomic E-state index is -1.11. The molecule has 1 heterocycles. The van der Waals surface area contributed by atoms with E-state index in [1.165, 1.54) is 0 Å². The summed E-state index contributed by atoms with van der Waals surface area (Å²) in [6.45, 7) is 5.48. The molecule has 0 bridgehead atoms. The third-order valence-corrected chi connectivity index (χ3v) is 3.02. The fourth-order valence-corrected chi connectivity index (χ4v) is 1.82. The van der Waals surface area contributed by atoms with E-state index in [0.29, 0.717) is 12.8 Å². The number of carbonyl (C=O) groups is 2. The van der Waals surface area contributed by atoms with Gasteiger partial charge in [-0.25, -0.2) is 9.79 Å². The van der Waals surface area contributed by atoms with Gasteiger partial charge in [0.25, 0.3) is 0 Å². The number of nitrogens with zero attached hydrogens (tertiary/aromatic N) is 2. The number of rotatable bonds is 3. The van der Waals surface area contributed by atoms with E-state index in [1.807, 2.05) is 0 Å². The fraction of sp³-hybridized carbons (Fsp3) is 0.700. The number of hydrogen-bond acceptors (Lipinski definition) is 3. The molecule has 0 atom stereocenters. The van der Waals surface area contributed by atoms with Crippen molar-refractivity contribution in [3.05, 3.63) is 0 Å². The third kappa shape index (κ3) is 2.17. The van der Waals surface area contributed by atoms with Crippen molar-refractivity contribution in [2.75, 3.05) is 6.54 Å². The van der Waals surface area contributed by atoms with Gasteiger partial charge in [-0.2, -0.15) is 0 Å². The summed E-state index contributed by atoms with van der Waals surface area (Å²) >= 11 is 0. The van der Waals surface area contributed by atoms with Gasteiger partial charge in [-0.3, -0.25) is 9.69 Å². The maximum atomic E-state index is 12.0. The zero-order valence-electron chi connectivity index (χ0n) is 10.2. The zero-order valence-corrected chi connectivity index (χ0v) is 12.2. The average molecular weight is 234 g/mol. The molecule has 6 heteroatoms. The molecule has 0 saturated carbocycles. The van der Waals surface area contributed by atoms with Crippen molar-refractivity contribution >= 4 is 17.8 Å². The molecule has 0 radical (unpaired) electrons. The second-order valence-electron chi connectivity index (χ2n) is 3.54. The standard InChI is InChI=1S/C10H16N2O3.Na/c1-4-10(5-2)7(13)11-9(15)12(6-3)8(10)14;/h4-6H2,1-3H3,(H,11,13,15);/q;+1/p-1. The summed E-state index contributed by atoms with van der Waals surface area (Å²) in [4.78, 5) is 27.7. The smallest absolute Gasteiger partial charge is 0.861 e. The van der Waals surface area contributed by atoms with Gasteiger partial charge in [0.1, 0.15) is 0 Å². The molecule has 84 valence electrons. The van der Waals surface area contributed by atoms with E-state index in [1.54, 1.807) is 20.8 Å². The quantitative estimate of drug-likeness (QED) is 0.508. The molecule has 1 aliphatic heterocycles. The Labute approximate surface area is 117 Å². The van der Waals surface area contributed by atoms with Gasteiger partial charge in [-0.05, 0) is 25.7 Å². The molecule has 1 aliphatic rings. The fourth-order valence-electron chi connectivity index (χ4n) is 1.82. The van der Waals surface area contributed by atoms with E-state index in [2.05, 4.69) is 4.99 Å². The van der Waals surface area contributed by atoms with Gasteiger partial charge < -0.3 is 5.11 Å². The van der Waals surface area contributed by atoms with Crippen LogP contribution in [0.2, 0.25) is 0 Å². The second-order valence-corrected chi connectivity index (χ2v) is 3.54. The predicted octanol–water partition coefficient (Wildman–Crippen LogP) is -2.46. The third-order valence-electron chi connectivity index (χ3n) is 3.02. The van der Waals surface area contributed by atoms with E-state index < -0.39 is 23.3 Å². The Morgan fingerprint density at radius 1 is 1.25 bits per heavy atom. The first kappa shape index (κ1) is 15.6. The van der Waals surface area contributed by atoms with E-state index in [4.69, 9.17) is 0 Å². The molecule has 0 fully saturated rings. The number of imide groups is 1. The molecular weight excluding hydrogens is 219 g/mol. The topological polar surface area (TPSA) is 72.8 Å². The van der Waals surface area contributed by atoms with E-state index in [0.717, 1.165) is 4.90 Å². The van der Waals surface area contributed by atoms with Crippen LogP contribution in [0, 0.1) is 5.41 Å². The molecule has 0 aromatic rings. The molecular formula is C10H15N2NaO3. The number of hydrogen-bond donors (Lipinski definition) is 0. The summed E-state index contributed by atoms with van der Waals surface area (Å²) in [6.07, 6.45) is 0.767. The molecule has 0 saturated heterocycles. The van der Waals surface area contributed by atoms with Crippen molar-refractivity contribution in [2.24, 2.45) is 10.4 Å². The van der Waals surface area contributed by atoms with Gasteiger partial charge in [-0.1, -0.05) is 13.8 Å². The van der Waals surface area contributed by atoms with Crippen LogP contribution >= 0.6 is 0 Å². The van der Waals surface area contributed by atoms with Gasteiger partial charge in [0, 0.05) is 6.54 Å². The van der Waals surface area contributed by atoms with E-state index in [-0.39, 0.29) is 36.1 Å². The summed E-state index contributed by atoms with van der Waals surface area (Å²) in [7, 11) is 0. The van der Waals surface area contributed by atoms with Crippen LogP contribution in [0.3, 0.4) is 0 Å². The Kier molecular flexibility index (Phi) is 5.65. The molecule has 16 heavy (non-hydrogen) atoms. The Morgan fingerprint density at radius 3 is 2.12 bits per heavy atom. The predicted molar refractivity (Wildman–Crippen MR) is 53.2 cm³/mol. The molecule has 0 aromatic carbocycles. The van der Waals surface area contributed by atoms with Crippen LogP contribution in [0.4, 0.5) is 4.79 Å². The molecule has 0 spiro atoms. The Bertz CT molecular complexity index is 324. The van der Waals surface area contributed by atoms with Crippen LogP contribution in [-0.4, -0.2) is 29.3 Å².